The van der Waals surface area contributed by atoms with Crippen molar-refractivity contribution >= 4 is 23.3 Å². The second kappa shape index (κ2) is 9.85. The summed E-state index contributed by atoms with van der Waals surface area (Å²) in [6.07, 6.45) is 0. The van der Waals surface area contributed by atoms with Crippen molar-refractivity contribution in [3.05, 3.63) is 102 Å². The number of nitrogens with zero attached hydrogens (tertiary/aromatic N) is 1. The van der Waals surface area contributed by atoms with Gasteiger partial charge in [-0.2, -0.15) is 5.26 Å². The molecule has 154 valence electrons. The minimum atomic E-state index is -1.16. The Labute approximate surface area is 180 Å². The topological polar surface area (TPSA) is 132 Å². The Kier molecular flexibility index (Phi) is 6.76. The monoisotopic (exact) mass is 411 g/mol. The van der Waals surface area contributed by atoms with Gasteiger partial charge < -0.3 is 16.4 Å². The molecule has 2 unspecified atom stereocenters. The summed E-state index contributed by atoms with van der Waals surface area (Å²) in [5, 5.41) is 22.4. The fraction of sp³-hybridized carbons (Fsp3) is 0.0833. The highest BCUT2D eigenvalue weighted by atomic mass is 16.2. The number of rotatable bonds is 7. The Hall–Kier alpha value is -4.44. The molecule has 0 aliphatic carbocycles. The van der Waals surface area contributed by atoms with Crippen molar-refractivity contribution in [3.8, 4) is 6.07 Å². The lowest BCUT2D eigenvalue weighted by atomic mass is 9.96. The normalized spacial score (nSPS) is 12.1. The average molecular weight is 411 g/mol. The van der Waals surface area contributed by atoms with E-state index in [4.69, 9.17) is 11.1 Å². The van der Waals surface area contributed by atoms with Gasteiger partial charge in [-0.05, 0) is 35.4 Å². The molecule has 0 aromatic heterocycles. The first-order valence-electron chi connectivity index (χ1n) is 9.55. The second-order valence-electron chi connectivity index (χ2n) is 6.81. The van der Waals surface area contributed by atoms with Crippen LogP contribution in [0.4, 0.5) is 5.69 Å². The van der Waals surface area contributed by atoms with Crippen molar-refractivity contribution in [2.45, 2.75) is 12.0 Å². The molecule has 5 N–H and O–H groups in total. The first-order valence-corrected chi connectivity index (χ1v) is 9.55. The van der Waals surface area contributed by atoms with Crippen LogP contribution in [-0.2, 0) is 9.59 Å². The van der Waals surface area contributed by atoms with E-state index in [-0.39, 0.29) is 5.84 Å². The van der Waals surface area contributed by atoms with Crippen LogP contribution >= 0.6 is 0 Å². The van der Waals surface area contributed by atoms with Gasteiger partial charge in [-0.15, -0.1) is 0 Å². The number of nitrogen functional groups attached to an aromatic ring is 1. The highest BCUT2D eigenvalue weighted by molar-refractivity contribution is 6.11. The van der Waals surface area contributed by atoms with Gasteiger partial charge in [0.1, 0.15) is 17.8 Å². The molecule has 3 rings (SSSR count). The lowest BCUT2D eigenvalue weighted by Crippen LogP contribution is -2.38. The summed E-state index contributed by atoms with van der Waals surface area (Å²) >= 11 is 0. The van der Waals surface area contributed by atoms with E-state index in [9.17, 15) is 14.9 Å². The summed E-state index contributed by atoms with van der Waals surface area (Å²) in [4.78, 5) is 26.2. The Morgan fingerprint density at radius 2 is 1.39 bits per heavy atom. The largest absolute Gasteiger partial charge is 0.384 e. The molecule has 31 heavy (non-hydrogen) atoms. The van der Waals surface area contributed by atoms with E-state index in [1.54, 1.807) is 78.9 Å². The van der Waals surface area contributed by atoms with Gasteiger partial charge in [-0.3, -0.25) is 15.0 Å². The number of nitrogens with one attached hydrogen (secondary N) is 3. The Morgan fingerprint density at radius 1 is 0.839 bits per heavy atom. The lowest BCUT2D eigenvalue weighted by molar-refractivity contribution is -0.129. The first-order chi connectivity index (χ1) is 15.0. The third-order valence-corrected chi connectivity index (χ3v) is 4.67. The maximum Gasteiger partial charge on any atom is 0.241 e. The van der Waals surface area contributed by atoms with Crippen molar-refractivity contribution in [1.82, 2.24) is 5.32 Å². The lowest BCUT2D eigenvalue weighted by Gasteiger charge is -2.19. The van der Waals surface area contributed by atoms with E-state index in [1.807, 2.05) is 6.07 Å². The van der Waals surface area contributed by atoms with Crippen molar-refractivity contribution in [1.29, 1.82) is 10.7 Å². The molecule has 0 bridgehead atoms. The standard InChI is InChI=1S/C24H21N5O2/c25-15-20(16-7-3-1-4-8-16)29-24(31)21(17-9-5-2-6-10-17)23(30)28-19-13-11-18(12-14-19)22(26)27/h1-14,20-21H,(H3,26,27)(H,28,30)(H,29,31). The molecule has 7 heteroatoms. The van der Waals surface area contributed by atoms with E-state index in [0.29, 0.717) is 22.4 Å². The van der Waals surface area contributed by atoms with Crippen molar-refractivity contribution < 1.29 is 9.59 Å². The molecule has 0 radical (unpaired) electrons. The SMILES string of the molecule is N#CC(NC(=O)C(C(=O)Nc1ccc(C(=N)N)cc1)c1ccccc1)c1ccccc1. The summed E-state index contributed by atoms with van der Waals surface area (Å²) < 4.78 is 0. The van der Waals surface area contributed by atoms with Gasteiger partial charge in [0.05, 0.1) is 6.07 Å². The molecule has 7 nitrogen and oxygen atoms in total. The van der Waals surface area contributed by atoms with Crippen LogP contribution in [0.25, 0.3) is 0 Å². The molecule has 3 aromatic carbocycles. The predicted octanol–water partition coefficient (Wildman–Crippen LogP) is 3.07. The van der Waals surface area contributed by atoms with Gasteiger partial charge in [-0.1, -0.05) is 60.7 Å². The molecule has 0 saturated heterocycles. The molecule has 0 aliphatic heterocycles. The number of amides is 2. The van der Waals surface area contributed by atoms with Crippen LogP contribution in [-0.4, -0.2) is 17.6 Å². The van der Waals surface area contributed by atoms with E-state index in [1.165, 1.54) is 0 Å². The second-order valence-corrected chi connectivity index (χ2v) is 6.81. The van der Waals surface area contributed by atoms with E-state index < -0.39 is 23.8 Å². The zero-order valence-electron chi connectivity index (χ0n) is 16.6. The third kappa shape index (κ3) is 5.34. The number of benzene rings is 3. The van der Waals surface area contributed by atoms with Crippen LogP contribution in [0.5, 0.6) is 0 Å². The molecular weight excluding hydrogens is 390 g/mol. The number of amidine groups is 1. The minimum absolute atomic E-state index is 0.0807. The summed E-state index contributed by atoms with van der Waals surface area (Å²) in [5.41, 5.74) is 7.57. The molecule has 2 atom stereocenters. The fourth-order valence-electron chi connectivity index (χ4n) is 3.08. The number of hydrogen-bond donors (Lipinski definition) is 4. The van der Waals surface area contributed by atoms with E-state index >= 15 is 0 Å². The van der Waals surface area contributed by atoms with Crippen LogP contribution in [0.15, 0.2) is 84.9 Å². The number of carbonyl (C=O) groups is 2. The summed E-state index contributed by atoms with van der Waals surface area (Å²) in [5.74, 6) is -2.36. The molecule has 0 spiro atoms. The van der Waals surface area contributed by atoms with Gasteiger partial charge >= 0.3 is 0 Å². The quantitative estimate of drug-likeness (QED) is 0.270. The van der Waals surface area contributed by atoms with Crippen molar-refractivity contribution in [3.63, 3.8) is 0 Å². The van der Waals surface area contributed by atoms with Crippen molar-refractivity contribution in [2.75, 3.05) is 5.32 Å². The van der Waals surface area contributed by atoms with Gasteiger partial charge in [-0.25, -0.2) is 0 Å². The molecule has 0 saturated carbocycles. The van der Waals surface area contributed by atoms with Crippen molar-refractivity contribution in [2.24, 2.45) is 5.73 Å². The van der Waals surface area contributed by atoms with E-state index in [2.05, 4.69) is 16.7 Å². The average Bonchev–Trinajstić information content (AvgIpc) is 2.79. The number of nitrogens with two attached hydrogens (primary N) is 1. The maximum absolute atomic E-state index is 13.1. The van der Waals surface area contributed by atoms with Crippen LogP contribution in [0, 0.1) is 16.7 Å². The van der Waals surface area contributed by atoms with Gasteiger partial charge in [0.2, 0.25) is 11.8 Å². The predicted molar refractivity (Wildman–Crippen MR) is 118 cm³/mol. The molecule has 0 aliphatic rings. The first kappa shape index (κ1) is 21.3. The van der Waals surface area contributed by atoms with Crippen LogP contribution < -0.4 is 16.4 Å². The summed E-state index contributed by atoms with van der Waals surface area (Å²) in [7, 11) is 0. The zero-order chi connectivity index (χ0) is 22.2. The van der Waals surface area contributed by atoms with Gasteiger partial charge in [0.15, 0.2) is 0 Å². The van der Waals surface area contributed by atoms with Gasteiger partial charge in [0, 0.05) is 11.3 Å². The molecule has 0 fully saturated rings. The summed E-state index contributed by atoms with van der Waals surface area (Å²) in [6.45, 7) is 0. The number of hydrogen-bond acceptors (Lipinski definition) is 4. The number of carbonyl (C=O) groups excluding carboxylic acids is 2. The zero-order valence-corrected chi connectivity index (χ0v) is 16.6. The molecule has 3 aromatic rings. The Balaban J connectivity index is 1.84. The minimum Gasteiger partial charge on any atom is -0.384 e. The summed E-state index contributed by atoms with van der Waals surface area (Å²) in [6, 6.07) is 25.1. The molecular formula is C24H21N5O2. The Morgan fingerprint density at radius 3 is 1.90 bits per heavy atom. The Bertz CT molecular complexity index is 1110. The van der Waals surface area contributed by atoms with Gasteiger partial charge in [0.25, 0.3) is 0 Å². The van der Waals surface area contributed by atoms with Crippen LogP contribution in [0.1, 0.15) is 28.7 Å². The highest BCUT2D eigenvalue weighted by Crippen LogP contribution is 2.21. The van der Waals surface area contributed by atoms with Crippen LogP contribution in [0.3, 0.4) is 0 Å². The number of nitriles is 1. The smallest absolute Gasteiger partial charge is 0.241 e. The number of anilines is 1. The highest BCUT2D eigenvalue weighted by Gasteiger charge is 2.30. The maximum atomic E-state index is 13.1. The molecule has 0 heterocycles. The fourth-order valence-corrected chi connectivity index (χ4v) is 3.08. The third-order valence-electron chi connectivity index (χ3n) is 4.67. The van der Waals surface area contributed by atoms with Crippen LogP contribution in [0.2, 0.25) is 0 Å². The molecule has 2 amide bonds. The van der Waals surface area contributed by atoms with E-state index in [0.717, 1.165) is 0 Å².